The van der Waals surface area contributed by atoms with E-state index in [1.165, 1.54) is 22.5 Å². The first-order chi connectivity index (χ1) is 7.69. The molecule has 1 aromatic heterocycles. The quantitative estimate of drug-likeness (QED) is 0.742. The van der Waals surface area contributed by atoms with Crippen LogP contribution in [0.1, 0.15) is 64.1 Å². The second-order valence-electron chi connectivity index (χ2n) is 7.10. The van der Waals surface area contributed by atoms with E-state index in [2.05, 4.69) is 52.9 Å². The van der Waals surface area contributed by atoms with Crippen molar-refractivity contribution in [2.45, 2.75) is 65.5 Å². The molecule has 1 aromatic rings. The molecule has 1 N–H and O–H groups in total. The minimum Gasteiger partial charge on any atom is -0.309 e. The molecule has 2 nitrogen and oxygen atoms in total. The Hall–Kier alpha value is -0.890. The highest BCUT2D eigenvalue weighted by atomic mass is 14.9. The SMILES string of the molecule is CC(C)(C)c1cc2c(c(C(C)(C)C)n1)CNC2. The molecular formula is C15H24N2. The van der Waals surface area contributed by atoms with Gasteiger partial charge >= 0.3 is 0 Å². The first-order valence-electron chi connectivity index (χ1n) is 6.44. The van der Waals surface area contributed by atoms with E-state index in [0.29, 0.717) is 0 Å². The maximum absolute atomic E-state index is 4.95. The van der Waals surface area contributed by atoms with E-state index < -0.39 is 0 Å². The number of fused-ring (bicyclic) bond motifs is 1. The van der Waals surface area contributed by atoms with Gasteiger partial charge in [0, 0.05) is 29.6 Å². The van der Waals surface area contributed by atoms with Crippen LogP contribution in [0.25, 0.3) is 0 Å². The number of nitrogens with zero attached hydrogens (tertiary/aromatic N) is 1. The summed E-state index contributed by atoms with van der Waals surface area (Å²) < 4.78 is 0. The van der Waals surface area contributed by atoms with Crippen LogP contribution in [0.4, 0.5) is 0 Å². The fourth-order valence-corrected chi connectivity index (χ4v) is 2.31. The first-order valence-corrected chi connectivity index (χ1v) is 6.44. The molecule has 0 aliphatic carbocycles. The van der Waals surface area contributed by atoms with E-state index >= 15 is 0 Å². The molecule has 0 atom stereocenters. The normalized spacial score (nSPS) is 16.1. The minimum absolute atomic E-state index is 0.122. The summed E-state index contributed by atoms with van der Waals surface area (Å²) in [7, 11) is 0. The molecule has 0 radical (unpaired) electrons. The largest absolute Gasteiger partial charge is 0.309 e. The lowest BCUT2D eigenvalue weighted by molar-refractivity contribution is 0.526. The Labute approximate surface area is 105 Å². The summed E-state index contributed by atoms with van der Waals surface area (Å²) in [5, 5.41) is 3.44. The molecule has 0 amide bonds. The Morgan fingerprint density at radius 1 is 1.00 bits per heavy atom. The molecular weight excluding hydrogens is 208 g/mol. The maximum Gasteiger partial charge on any atom is 0.0508 e. The summed E-state index contributed by atoms with van der Waals surface area (Å²) in [5.41, 5.74) is 5.59. The van der Waals surface area contributed by atoms with E-state index in [1.807, 2.05) is 0 Å². The van der Waals surface area contributed by atoms with Crippen molar-refractivity contribution in [3.63, 3.8) is 0 Å². The standard InChI is InChI=1S/C15H24N2/c1-14(2,3)12-7-10-8-16-9-11(10)13(17-12)15(4,5)6/h7,16H,8-9H2,1-6H3. The molecule has 2 heterocycles. The molecule has 2 heteroatoms. The fourth-order valence-electron chi connectivity index (χ4n) is 2.31. The van der Waals surface area contributed by atoms with Crippen molar-refractivity contribution >= 4 is 0 Å². The van der Waals surface area contributed by atoms with E-state index in [9.17, 15) is 0 Å². The molecule has 0 bridgehead atoms. The van der Waals surface area contributed by atoms with Gasteiger partial charge in [0.2, 0.25) is 0 Å². The van der Waals surface area contributed by atoms with Crippen molar-refractivity contribution in [1.82, 2.24) is 10.3 Å². The zero-order valence-electron chi connectivity index (χ0n) is 11.9. The van der Waals surface area contributed by atoms with Gasteiger partial charge in [-0.25, -0.2) is 0 Å². The van der Waals surface area contributed by atoms with Gasteiger partial charge in [-0.2, -0.15) is 0 Å². The van der Waals surface area contributed by atoms with Gasteiger partial charge in [-0.1, -0.05) is 41.5 Å². The molecule has 0 spiro atoms. The van der Waals surface area contributed by atoms with Crippen LogP contribution >= 0.6 is 0 Å². The number of rotatable bonds is 0. The Balaban J connectivity index is 2.62. The molecule has 94 valence electrons. The van der Waals surface area contributed by atoms with Crippen molar-refractivity contribution in [2.75, 3.05) is 0 Å². The summed E-state index contributed by atoms with van der Waals surface area (Å²) in [5.74, 6) is 0. The van der Waals surface area contributed by atoms with Crippen LogP contribution < -0.4 is 5.32 Å². The molecule has 1 aliphatic heterocycles. The second-order valence-corrected chi connectivity index (χ2v) is 7.10. The van der Waals surface area contributed by atoms with E-state index in [0.717, 1.165) is 13.1 Å². The third-order valence-electron chi connectivity index (χ3n) is 3.31. The molecule has 0 saturated heterocycles. The maximum atomic E-state index is 4.95. The minimum atomic E-state index is 0.122. The summed E-state index contributed by atoms with van der Waals surface area (Å²) >= 11 is 0. The van der Waals surface area contributed by atoms with Crippen LogP contribution in [0.5, 0.6) is 0 Å². The van der Waals surface area contributed by atoms with Gasteiger partial charge in [-0.05, 0) is 17.2 Å². The van der Waals surface area contributed by atoms with Gasteiger partial charge in [0.1, 0.15) is 0 Å². The highest BCUT2D eigenvalue weighted by Gasteiger charge is 2.28. The second kappa shape index (κ2) is 3.81. The predicted molar refractivity (Wildman–Crippen MR) is 72.2 cm³/mol. The van der Waals surface area contributed by atoms with E-state index in [-0.39, 0.29) is 10.8 Å². The lowest BCUT2D eigenvalue weighted by Gasteiger charge is -2.26. The zero-order chi connectivity index (χ0) is 12.8. The summed E-state index contributed by atoms with van der Waals surface area (Å²) in [6, 6.07) is 2.28. The predicted octanol–water partition coefficient (Wildman–Crippen LogP) is 3.28. The van der Waals surface area contributed by atoms with Gasteiger partial charge < -0.3 is 5.32 Å². The van der Waals surface area contributed by atoms with Crippen LogP contribution in [0.15, 0.2) is 6.07 Å². The van der Waals surface area contributed by atoms with Crippen molar-refractivity contribution in [3.8, 4) is 0 Å². The monoisotopic (exact) mass is 232 g/mol. The highest BCUT2D eigenvalue weighted by molar-refractivity contribution is 5.40. The molecule has 17 heavy (non-hydrogen) atoms. The lowest BCUT2D eigenvalue weighted by Crippen LogP contribution is -2.22. The highest BCUT2D eigenvalue weighted by Crippen LogP contribution is 2.32. The number of pyridine rings is 1. The Morgan fingerprint density at radius 3 is 2.18 bits per heavy atom. The van der Waals surface area contributed by atoms with Gasteiger partial charge in [0.15, 0.2) is 0 Å². The van der Waals surface area contributed by atoms with Crippen LogP contribution in [-0.2, 0) is 23.9 Å². The number of hydrogen-bond acceptors (Lipinski definition) is 2. The van der Waals surface area contributed by atoms with Crippen LogP contribution in [0, 0.1) is 0 Å². The molecule has 0 saturated carbocycles. The Bertz CT molecular complexity index is 433. The number of nitrogens with one attached hydrogen (secondary N) is 1. The molecule has 0 unspecified atom stereocenters. The van der Waals surface area contributed by atoms with Gasteiger partial charge in [0.05, 0.1) is 5.69 Å². The van der Waals surface area contributed by atoms with E-state index in [4.69, 9.17) is 4.98 Å². The van der Waals surface area contributed by atoms with Crippen LogP contribution in [0.2, 0.25) is 0 Å². The molecule has 1 aliphatic rings. The van der Waals surface area contributed by atoms with Gasteiger partial charge in [-0.3, -0.25) is 4.98 Å². The fraction of sp³-hybridized carbons (Fsp3) is 0.667. The summed E-state index contributed by atoms with van der Waals surface area (Å²) in [4.78, 5) is 4.95. The Kier molecular flexibility index (Phi) is 2.81. The first kappa shape index (κ1) is 12.6. The van der Waals surface area contributed by atoms with E-state index in [1.54, 1.807) is 0 Å². The third kappa shape index (κ3) is 2.37. The third-order valence-corrected chi connectivity index (χ3v) is 3.31. The average Bonchev–Trinajstić information content (AvgIpc) is 2.59. The lowest BCUT2D eigenvalue weighted by atomic mass is 9.84. The average molecular weight is 232 g/mol. The topological polar surface area (TPSA) is 24.9 Å². The smallest absolute Gasteiger partial charge is 0.0508 e. The van der Waals surface area contributed by atoms with Crippen LogP contribution in [-0.4, -0.2) is 4.98 Å². The summed E-state index contributed by atoms with van der Waals surface area (Å²) in [6.07, 6.45) is 0. The van der Waals surface area contributed by atoms with Crippen molar-refractivity contribution in [3.05, 3.63) is 28.6 Å². The zero-order valence-corrected chi connectivity index (χ0v) is 11.9. The number of aromatic nitrogens is 1. The number of hydrogen-bond donors (Lipinski definition) is 1. The van der Waals surface area contributed by atoms with Crippen molar-refractivity contribution < 1.29 is 0 Å². The van der Waals surface area contributed by atoms with Gasteiger partial charge in [-0.15, -0.1) is 0 Å². The van der Waals surface area contributed by atoms with Gasteiger partial charge in [0.25, 0.3) is 0 Å². The van der Waals surface area contributed by atoms with Crippen molar-refractivity contribution in [2.24, 2.45) is 0 Å². The molecule has 0 fully saturated rings. The molecule has 2 rings (SSSR count). The Morgan fingerprint density at radius 2 is 1.65 bits per heavy atom. The summed E-state index contributed by atoms with van der Waals surface area (Å²) in [6.45, 7) is 15.4. The molecule has 0 aromatic carbocycles. The van der Waals surface area contributed by atoms with Crippen molar-refractivity contribution in [1.29, 1.82) is 0 Å². The van der Waals surface area contributed by atoms with Crippen LogP contribution in [0.3, 0.4) is 0 Å².